The van der Waals surface area contributed by atoms with Crippen molar-refractivity contribution in [2.75, 3.05) is 27.3 Å². The van der Waals surface area contributed by atoms with Crippen LogP contribution >= 0.6 is 0 Å². The molecule has 0 aliphatic carbocycles. The zero-order valence-corrected chi connectivity index (χ0v) is 11.5. The van der Waals surface area contributed by atoms with E-state index in [0.29, 0.717) is 5.75 Å². The molecule has 1 fully saturated rings. The standard InChI is InChI=1S/C14H18F3NO2/c1-19-12-6-11(9-3-4-18-8-9)13(20-2)5-10(12)7-14(15,16)17/h5-6,9,18H,3-4,7-8H2,1-2H3/t9-/m0/s1. The number of methoxy groups -OCH3 is 2. The zero-order valence-electron chi connectivity index (χ0n) is 11.5. The fraction of sp³-hybridized carbons (Fsp3) is 0.571. The normalized spacial score (nSPS) is 19.1. The van der Waals surface area contributed by atoms with Gasteiger partial charge >= 0.3 is 6.18 Å². The molecule has 0 saturated carbocycles. The fourth-order valence-corrected chi connectivity index (χ4v) is 2.58. The summed E-state index contributed by atoms with van der Waals surface area (Å²) in [6.07, 6.45) is -4.34. The van der Waals surface area contributed by atoms with Gasteiger partial charge in [-0.1, -0.05) is 0 Å². The number of halogens is 3. The fourth-order valence-electron chi connectivity index (χ4n) is 2.58. The Morgan fingerprint density at radius 3 is 2.40 bits per heavy atom. The summed E-state index contributed by atoms with van der Waals surface area (Å²) in [6, 6.07) is 3.12. The van der Waals surface area contributed by atoms with Crippen LogP contribution in [0.3, 0.4) is 0 Å². The van der Waals surface area contributed by atoms with Gasteiger partial charge in [-0.05, 0) is 25.1 Å². The first-order chi connectivity index (χ1) is 9.44. The summed E-state index contributed by atoms with van der Waals surface area (Å²) < 4.78 is 48.1. The molecule has 1 N–H and O–H groups in total. The zero-order chi connectivity index (χ0) is 14.8. The van der Waals surface area contributed by atoms with Gasteiger partial charge in [-0.25, -0.2) is 0 Å². The van der Waals surface area contributed by atoms with Gasteiger partial charge in [-0.2, -0.15) is 13.2 Å². The second-order valence-electron chi connectivity index (χ2n) is 4.89. The predicted octanol–water partition coefficient (Wildman–Crippen LogP) is 2.89. The molecular formula is C14H18F3NO2. The van der Waals surface area contributed by atoms with Gasteiger partial charge in [0.2, 0.25) is 0 Å². The van der Waals surface area contributed by atoms with Crippen molar-refractivity contribution < 1.29 is 22.6 Å². The molecular weight excluding hydrogens is 271 g/mol. The SMILES string of the molecule is COc1cc([C@H]2CCNC2)c(OC)cc1CC(F)(F)F. The quantitative estimate of drug-likeness (QED) is 0.924. The molecule has 0 bridgehead atoms. The molecule has 3 nitrogen and oxygen atoms in total. The van der Waals surface area contributed by atoms with Crippen LogP contribution in [0, 0.1) is 0 Å². The maximum absolute atomic E-state index is 12.6. The Morgan fingerprint density at radius 1 is 1.20 bits per heavy atom. The molecule has 1 aliphatic heterocycles. The van der Waals surface area contributed by atoms with E-state index in [0.717, 1.165) is 25.1 Å². The Bertz CT molecular complexity index is 468. The highest BCUT2D eigenvalue weighted by atomic mass is 19.4. The summed E-state index contributed by atoms with van der Waals surface area (Å²) in [5, 5.41) is 3.24. The minimum atomic E-state index is -4.27. The molecule has 20 heavy (non-hydrogen) atoms. The Hall–Kier alpha value is -1.43. The number of hydrogen-bond donors (Lipinski definition) is 1. The van der Waals surface area contributed by atoms with E-state index in [1.165, 1.54) is 20.3 Å². The van der Waals surface area contributed by atoms with Gasteiger partial charge in [0.25, 0.3) is 0 Å². The molecule has 0 radical (unpaired) electrons. The highest BCUT2D eigenvalue weighted by molar-refractivity contribution is 5.49. The lowest BCUT2D eigenvalue weighted by atomic mass is 9.94. The van der Waals surface area contributed by atoms with Crippen LogP contribution in [0.15, 0.2) is 12.1 Å². The second-order valence-corrected chi connectivity index (χ2v) is 4.89. The predicted molar refractivity (Wildman–Crippen MR) is 69.5 cm³/mol. The monoisotopic (exact) mass is 289 g/mol. The molecule has 0 spiro atoms. The smallest absolute Gasteiger partial charge is 0.393 e. The van der Waals surface area contributed by atoms with Gasteiger partial charge in [0.1, 0.15) is 11.5 Å². The third-order valence-corrected chi connectivity index (χ3v) is 3.52. The topological polar surface area (TPSA) is 30.5 Å². The lowest BCUT2D eigenvalue weighted by Crippen LogP contribution is -2.14. The van der Waals surface area contributed by atoms with Crippen LogP contribution in [0.4, 0.5) is 13.2 Å². The van der Waals surface area contributed by atoms with Gasteiger partial charge in [0, 0.05) is 23.6 Å². The molecule has 2 rings (SSSR count). The molecule has 0 aromatic heterocycles. The number of benzene rings is 1. The molecule has 0 amide bonds. The maximum atomic E-state index is 12.6. The van der Waals surface area contributed by atoms with Gasteiger partial charge in [0.05, 0.1) is 20.6 Å². The summed E-state index contributed by atoms with van der Waals surface area (Å²) in [7, 11) is 2.86. The van der Waals surface area contributed by atoms with E-state index < -0.39 is 12.6 Å². The summed E-state index contributed by atoms with van der Waals surface area (Å²) in [5.41, 5.74) is 1.01. The van der Waals surface area contributed by atoms with Gasteiger partial charge < -0.3 is 14.8 Å². The average molecular weight is 289 g/mol. The lowest BCUT2D eigenvalue weighted by molar-refractivity contribution is -0.127. The van der Waals surface area contributed by atoms with Crippen molar-refractivity contribution in [3.05, 3.63) is 23.3 Å². The molecule has 1 aliphatic rings. The van der Waals surface area contributed by atoms with E-state index in [1.54, 1.807) is 6.07 Å². The minimum absolute atomic E-state index is 0.103. The highest BCUT2D eigenvalue weighted by Gasteiger charge is 2.31. The van der Waals surface area contributed by atoms with E-state index in [-0.39, 0.29) is 17.2 Å². The number of hydrogen-bond acceptors (Lipinski definition) is 3. The van der Waals surface area contributed by atoms with Crippen molar-refractivity contribution in [2.24, 2.45) is 0 Å². The van der Waals surface area contributed by atoms with Crippen molar-refractivity contribution in [3.8, 4) is 11.5 Å². The third kappa shape index (κ3) is 3.36. The van der Waals surface area contributed by atoms with Crippen LogP contribution in [-0.2, 0) is 6.42 Å². The van der Waals surface area contributed by atoms with Gasteiger partial charge in [0.15, 0.2) is 0 Å². The molecule has 1 aromatic carbocycles. The Kier molecular flexibility index (Phi) is 4.42. The van der Waals surface area contributed by atoms with E-state index in [2.05, 4.69) is 5.32 Å². The summed E-state index contributed by atoms with van der Waals surface area (Å²) in [4.78, 5) is 0. The van der Waals surface area contributed by atoms with E-state index in [4.69, 9.17) is 9.47 Å². The van der Waals surface area contributed by atoms with Crippen molar-refractivity contribution in [3.63, 3.8) is 0 Å². The molecule has 1 atom stereocenters. The summed E-state index contributed by atoms with van der Waals surface area (Å²) in [6.45, 7) is 1.71. The van der Waals surface area contributed by atoms with Crippen molar-refractivity contribution in [1.29, 1.82) is 0 Å². The van der Waals surface area contributed by atoms with Gasteiger partial charge in [-0.3, -0.25) is 0 Å². The number of nitrogens with one attached hydrogen (secondary N) is 1. The molecule has 1 heterocycles. The number of ether oxygens (including phenoxy) is 2. The first-order valence-corrected chi connectivity index (χ1v) is 6.47. The second kappa shape index (κ2) is 5.91. The number of rotatable bonds is 4. The van der Waals surface area contributed by atoms with E-state index in [1.807, 2.05) is 0 Å². The van der Waals surface area contributed by atoms with E-state index in [9.17, 15) is 13.2 Å². The largest absolute Gasteiger partial charge is 0.496 e. The van der Waals surface area contributed by atoms with Crippen molar-refractivity contribution >= 4 is 0 Å². The van der Waals surface area contributed by atoms with Crippen LogP contribution in [0.1, 0.15) is 23.5 Å². The van der Waals surface area contributed by atoms with Crippen molar-refractivity contribution in [1.82, 2.24) is 5.32 Å². The minimum Gasteiger partial charge on any atom is -0.496 e. The Labute approximate surface area is 116 Å². The lowest BCUT2D eigenvalue weighted by Gasteiger charge is -2.19. The Morgan fingerprint density at radius 2 is 1.90 bits per heavy atom. The number of alkyl halides is 3. The molecule has 6 heteroatoms. The maximum Gasteiger partial charge on any atom is 0.393 e. The summed E-state index contributed by atoms with van der Waals surface area (Å²) >= 11 is 0. The van der Waals surface area contributed by atoms with E-state index >= 15 is 0 Å². The van der Waals surface area contributed by atoms with Crippen LogP contribution < -0.4 is 14.8 Å². The van der Waals surface area contributed by atoms with Crippen LogP contribution in [0.2, 0.25) is 0 Å². The summed E-state index contributed by atoms with van der Waals surface area (Å²) in [5.74, 6) is 1.02. The van der Waals surface area contributed by atoms with Crippen molar-refractivity contribution in [2.45, 2.75) is 24.9 Å². The Balaban J connectivity index is 2.39. The van der Waals surface area contributed by atoms with Crippen LogP contribution in [0.25, 0.3) is 0 Å². The highest BCUT2D eigenvalue weighted by Crippen LogP contribution is 2.38. The first kappa shape index (κ1) is 15.0. The van der Waals surface area contributed by atoms with Gasteiger partial charge in [-0.15, -0.1) is 0 Å². The molecule has 1 saturated heterocycles. The molecule has 1 aromatic rings. The van der Waals surface area contributed by atoms with Crippen LogP contribution in [0.5, 0.6) is 11.5 Å². The average Bonchev–Trinajstić information content (AvgIpc) is 2.90. The first-order valence-electron chi connectivity index (χ1n) is 6.47. The third-order valence-electron chi connectivity index (χ3n) is 3.52. The molecule has 112 valence electrons. The molecule has 0 unspecified atom stereocenters. The van der Waals surface area contributed by atoms with Crippen LogP contribution in [-0.4, -0.2) is 33.5 Å².